The van der Waals surface area contributed by atoms with Crippen LogP contribution in [0.15, 0.2) is 48.5 Å². The smallest absolute Gasteiger partial charge is 0.119 e. The number of hydrogen-bond acceptors (Lipinski definition) is 3. The maximum absolute atomic E-state index is 9.25. The van der Waals surface area contributed by atoms with Crippen LogP contribution in [0.3, 0.4) is 0 Å². The van der Waals surface area contributed by atoms with Crippen LogP contribution in [-0.4, -0.2) is 18.3 Å². The van der Waals surface area contributed by atoms with Crippen LogP contribution in [0.2, 0.25) is 0 Å². The van der Waals surface area contributed by atoms with Gasteiger partial charge in [-0.2, -0.15) is 0 Å². The fourth-order valence-electron chi connectivity index (χ4n) is 2.01. The molecule has 0 spiro atoms. The van der Waals surface area contributed by atoms with Gasteiger partial charge in [-0.3, -0.25) is 0 Å². The molecule has 0 bridgehead atoms. The van der Waals surface area contributed by atoms with Gasteiger partial charge in [-0.05, 0) is 55.3 Å². The third-order valence-corrected chi connectivity index (χ3v) is 2.98. The van der Waals surface area contributed by atoms with Crippen molar-refractivity contribution < 1.29 is 9.84 Å². The predicted octanol–water partition coefficient (Wildman–Crippen LogP) is 3.44. The zero-order valence-electron chi connectivity index (χ0n) is 11.3. The largest absolute Gasteiger partial charge is 0.508 e. The molecular formula is C16H19NO2. The fraction of sp³-hybridized carbons (Fsp3) is 0.250. The van der Waals surface area contributed by atoms with Crippen molar-refractivity contribution in [1.82, 2.24) is 0 Å². The Morgan fingerprint density at radius 2 is 1.68 bits per heavy atom. The first-order valence-electron chi connectivity index (χ1n) is 6.36. The van der Waals surface area contributed by atoms with Crippen molar-refractivity contribution in [3.8, 4) is 11.5 Å². The van der Waals surface area contributed by atoms with Gasteiger partial charge >= 0.3 is 0 Å². The van der Waals surface area contributed by atoms with Crippen molar-refractivity contribution in [3.05, 3.63) is 54.1 Å². The monoisotopic (exact) mass is 257 g/mol. The van der Waals surface area contributed by atoms with Crippen LogP contribution in [0.1, 0.15) is 12.5 Å². The zero-order valence-corrected chi connectivity index (χ0v) is 11.3. The SMILES string of the molecule is COc1ccc(NC(C)Cc2ccc(O)cc2)cc1. The number of aromatic hydroxyl groups is 1. The molecule has 0 saturated carbocycles. The number of methoxy groups -OCH3 is 1. The Morgan fingerprint density at radius 3 is 2.26 bits per heavy atom. The molecule has 100 valence electrons. The molecule has 3 nitrogen and oxygen atoms in total. The molecule has 2 rings (SSSR count). The Balaban J connectivity index is 1.92. The van der Waals surface area contributed by atoms with E-state index < -0.39 is 0 Å². The van der Waals surface area contributed by atoms with Crippen LogP contribution in [0.4, 0.5) is 5.69 Å². The van der Waals surface area contributed by atoms with Crippen molar-refractivity contribution in [2.45, 2.75) is 19.4 Å². The molecule has 1 unspecified atom stereocenters. The molecule has 2 N–H and O–H groups in total. The number of anilines is 1. The molecule has 19 heavy (non-hydrogen) atoms. The fourth-order valence-corrected chi connectivity index (χ4v) is 2.01. The molecule has 0 aliphatic carbocycles. The van der Waals surface area contributed by atoms with E-state index >= 15 is 0 Å². The molecule has 2 aromatic carbocycles. The summed E-state index contributed by atoms with van der Waals surface area (Å²) in [4.78, 5) is 0. The van der Waals surface area contributed by atoms with E-state index in [1.165, 1.54) is 5.56 Å². The highest BCUT2D eigenvalue weighted by Crippen LogP contribution is 2.17. The number of ether oxygens (including phenoxy) is 1. The molecule has 0 heterocycles. The summed E-state index contributed by atoms with van der Waals surface area (Å²) in [5.74, 6) is 1.16. The summed E-state index contributed by atoms with van der Waals surface area (Å²) in [5.41, 5.74) is 2.28. The molecule has 0 aliphatic heterocycles. The summed E-state index contributed by atoms with van der Waals surface area (Å²) in [6, 6.07) is 15.5. The Labute approximate surface area is 113 Å². The number of benzene rings is 2. The van der Waals surface area contributed by atoms with E-state index in [1.54, 1.807) is 19.2 Å². The van der Waals surface area contributed by atoms with E-state index in [0.29, 0.717) is 11.8 Å². The number of rotatable bonds is 5. The van der Waals surface area contributed by atoms with Gasteiger partial charge in [-0.15, -0.1) is 0 Å². The Kier molecular flexibility index (Phi) is 4.29. The van der Waals surface area contributed by atoms with Crippen molar-refractivity contribution >= 4 is 5.69 Å². The minimum absolute atomic E-state index is 0.305. The van der Waals surface area contributed by atoms with Crippen molar-refractivity contribution in [1.29, 1.82) is 0 Å². The summed E-state index contributed by atoms with van der Waals surface area (Å²) in [6.07, 6.45) is 0.909. The predicted molar refractivity (Wildman–Crippen MR) is 77.9 cm³/mol. The number of phenols is 1. The first kappa shape index (κ1) is 13.3. The van der Waals surface area contributed by atoms with Gasteiger partial charge < -0.3 is 15.2 Å². The lowest BCUT2D eigenvalue weighted by molar-refractivity contribution is 0.415. The van der Waals surface area contributed by atoms with Gasteiger partial charge in [0, 0.05) is 11.7 Å². The summed E-state index contributed by atoms with van der Waals surface area (Å²) in [7, 11) is 1.66. The third kappa shape index (κ3) is 3.91. The van der Waals surface area contributed by atoms with Crippen LogP contribution in [0.25, 0.3) is 0 Å². The van der Waals surface area contributed by atoms with Gasteiger partial charge in [-0.25, -0.2) is 0 Å². The topological polar surface area (TPSA) is 41.5 Å². The Hall–Kier alpha value is -2.16. The average molecular weight is 257 g/mol. The normalized spacial score (nSPS) is 11.9. The van der Waals surface area contributed by atoms with Crippen molar-refractivity contribution in [3.63, 3.8) is 0 Å². The van der Waals surface area contributed by atoms with Crippen LogP contribution in [-0.2, 0) is 6.42 Å². The van der Waals surface area contributed by atoms with E-state index in [4.69, 9.17) is 4.74 Å². The molecule has 2 aromatic rings. The van der Waals surface area contributed by atoms with Crippen molar-refractivity contribution in [2.24, 2.45) is 0 Å². The summed E-state index contributed by atoms with van der Waals surface area (Å²) in [5, 5.41) is 12.7. The summed E-state index contributed by atoms with van der Waals surface area (Å²) >= 11 is 0. The Bertz CT molecular complexity index is 505. The third-order valence-electron chi connectivity index (χ3n) is 2.98. The highest BCUT2D eigenvalue weighted by molar-refractivity contribution is 5.47. The molecular weight excluding hydrogens is 238 g/mol. The first-order valence-corrected chi connectivity index (χ1v) is 6.36. The number of nitrogens with one attached hydrogen (secondary N) is 1. The molecule has 0 fully saturated rings. The lowest BCUT2D eigenvalue weighted by Gasteiger charge is -2.15. The molecule has 3 heteroatoms. The highest BCUT2D eigenvalue weighted by atomic mass is 16.5. The van der Waals surface area contributed by atoms with Crippen LogP contribution >= 0.6 is 0 Å². The van der Waals surface area contributed by atoms with Crippen molar-refractivity contribution in [2.75, 3.05) is 12.4 Å². The Morgan fingerprint density at radius 1 is 1.05 bits per heavy atom. The molecule has 0 saturated heterocycles. The minimum Gasteiger partial charge on any atom is -0.508 e. The van der Waals surface area contributed by atoms with Gasteiger partial charge in [0.1, 0.15) is 11.5 Å². The minimum atomic E-state index is 0.305. The van der Waals surface area contributed by atoms with Gasteiger partial charge in [0.05, 0.1) is 7.11 Å². The molecule has 1 atom stereocenters. The summed E-state index contributed by atoms with van der Waals surface area (Å²) < 4.78 is 5.13. The number of hydrogen-bond donors (Lipinski definition) is 2. The quantitative estimate of drug-likeness (QED) is 0.862. The maximum atomic E-state index is 9.25. The van der Waals surface area contributed by atoms with Crippen LogP contribution in [0, 0.1) is 0 Å². The second kappa shape index (κ2) is 6.14. The standard InChI is InChI=1S/C16H19NO2/c1-12(11-13-3-7-15(18)8-4-13)17-14-5-9-16(19-2)10-6-14/h3-10,12,17-18H,11H2,1-2H3. The zero-order chi connectivity index (χ0) is 13.7. The van der Waals surface area contributed by atoms with Gasteiger partial charge in [0.25, 0.3) is 0 Å². The average Bonchev–Trinajstić information content (AvgIpc) is 2.42. The van der Waals surface area contributed by atoms with E-state index in [9.17, 15) is 5.11 Å². The second-order valence-electron chi connectivity index (χ2n) is 4.64. The van der Waals surface area contributed by atoms with Gasteiger partial charge in [0.15, 0.2) is 0 Å². The maximum Gasteiger partial charge on any atom is 0.119 e. The summed E-state index contributed by atoms with van der Waals surface area (Å²) in [6.45, 7) is 2.14. The highest BCUT2D eigenvalue weighted by Gasteiger charge is 2.04. The van der Waals surface area contributed by atoms with E-state index in [0.717, 1.165) is 17.9 Å². The molecule has 0 radical (unpaired) electrons. The van der Waals surface area contributed by atoms with Crippen LogP contribution in [0.5, 0.6) is 11.5 Å². The van der Waals surface area contributed by atoms with Crippen LogP contribution < -0.4 is 10.1 Å². The lowest BCUT2D eigenvalue weighted by Crippen LogP contribution is -2.17. The van der Waals surface area contributed by atoms with Gasteiger partial charge in [0.2, 0.25) is 0 Å². The van der Waals surface area contributed by atoms with E-state index in [2.05, 4.69) is 12.2 Å². The lowest BCUT2D eigenvalue weighted by atomic mass is 10.1. The molecule has 0 aromatic heterocycles. The van der Waals surface area contributed by atoms with Gasteiger partial charge in [-0.1, -0.05) is 12.1 Å². The molecule has 0 amide bonds. The van der Waals surface area contributed by atoms with E-state index in [1.807, 2.05) is 36.4 Å². The molecule has 0 aliphatic rings. The second-order valence-corrected chi connectivity index (χ2v) is 4.64. The van der Waals surface area contributed by atoms with E-state index in [-0.39, 0.29) is 0 Å². The first-order chi connectivity index (χ1) is 9.17. The number of phenolic OH excluding ortho intramolecular Hbond substituents is 1.